The van der Waals surface area contributed by atoms with E-state index in [0.717, 1.165) is 0 Å². The van der Waals surface area contributed by atoms with Gasteiger partial charge in [-0.3, -0.25) is 9.59 Å². The second-order valence-corrected chi connectivity index (χ2v) is 4.83. The van der Waals surface area contributed by atoms with E-state index in [1.807, 2.05) is 6.92 Å². The van der Waals surface area contributed by atoms with Crippen molar-refractivity contribution in [3.63, 3.8) is 0 Å². The molecule has 0 bridgehead atoms. The lowest BCUT2D eigenvalue weighted by molar-refractivity contribution is 0.0827. The first kappa shape index (κ1) is 18.4. The summed E-state index contributed by atoms with van der Waals surface area (Å²) in [5.74, 6) is -0.0748. The summed E-state index contributed by atoms with van der Waals surface area (Å²) >= 11 is 0. The molecule has 0 aromatic heterocycles. The molecule has 6 heteroatoms. The van der Waals surface area contributed by atoms with Crippen molar-refractivity contribution in [2.75, 3.05) is 27.2 Å². The van der Waals surface area contributed by atoms with Crippen LogP contribution in [-0.4, -0.2) is 43.9 Å². The van der Waals surface area contributed by atoms with E-state index in [9.17, 15) is 9.59 Å². The predicted octanol–water partition coefficient (Wildman–Crippen LogP) is 1.13. The Labute approximate surface area is 125 Å². The summed E-state index contributed by atoms with van der Waals surface area (Å²) in [6.45, 7) is 3.02. The molecule has 0 heterocycles. The molecular formula is C14H22ClN3O2. The Morgan fingerprint density at radius 2 is 1.90 bits per heavy atom. The number of nitrogens with zero attached hydrogens (tertiary/aromatic N) is 1. The van der Waals surface area contributed by atoms with Gasteiger partial charge in [-0.05, 0) is 30.7 Å². The van der Waals surface area contributed by atoms with Crippen LogP contribution in [0.25, 0.3) is 0 Å². The van der Waals surface area contributed by atoms with Crippen LogP contribution in [0.3, 0.4) is 0 Å². The van der Waals surface area contributed by atoms with E-state index in [4.69, 9.17) is 5.73 Å². The Morgan fingerprint density at radius 1 is 1.30 bits per heavy atom. The minimum Gasteiger partial charge on any atom is -0.352 e. The van der Waals surface area contributed by atoms with E-state index >= 15 is 0 Å². The van der Waals surface area contributed by atoms with Gasteiger partial charge < -0.3 is 16.0 Å². The fraction of sp³-hybridized carbons (Fsp3) is 0.429. The largest absolute Gasteiger partial charge is 0.352 e. The standard InChI is InChI=1S/C14H21N3O2.ClH/c1-10(8-15)9-16-13(18)11-5-4-6-12(7-11)14(19)17(2)3;/h4-7,10H,8-9,15H2,1-3H3,(H,16,18);1H. The summed E-state index contributed by atoms with van der Waals surface area (Å²) in [4.78, 5) is 25.2. The smallest absolute Gasteiger partial charge is 0.253 e. The zero-order valence-electron chi connectivity index (χ0n) is 12.1. The van der Waals surface area contributed by atoms with Crippen LogP contribution in [0.15, 0.2) is 24.3 Å². The van der Waals surface area contributed by atoms with Crippen LogP contribution in [0.1, 0.15) is 27.6 Å². The van der Waals surface area contributed by atoms with Crippen LogP contribution in [0.4, 0.5) is 0 Å². The highest BCUT2D eigenvalue weighted by Crippen LogP contribution is 2.07. The molecule has 0 saturated carbocycles. The van der Waals surface area contributed by atoms with E-state index in [-0.39, 0.29) is 30.1 Å². The lowest BCUT2D eigenvalue weighted by Crippen LogP contribution is -2.31. The molecule has 112 valence electrons. The van der Waals surface area contributed by atoms with E-state index < -0.39 is 0 Å². The van der Waals surface area contributed by atoms with Gasteiger partial charge in [0.15, 0.2) is 0 Å². The molecule has 5 nitrogen and oxygen atoms in total. The molecule has 20 heavy (non-hydrogen) atoms. The maximum atomic E-state index is 11.9. The number of carbonyl (C=O) groups excluding carboxylic acids is 2. The summed E-state index contributed by atoms with van der Waals surface area (Å²) in [6, 6.07) is 6.69. The molecule has 1 aromatic rings. The lowest BCUT2D eigenvalue weighted by Gasteiger charge is -2.12. The molecule has 0 aliphatic rings. The molecule has 3 N–H and O–H groups in total. The molecule has 0 saturated heterocycles. The first-order valence-electron chi connectivity index (χ1n) is 6.25. The van der Waals surface area contributed by atoms with Crippen LogP contribution in [-0.2, 0) is 0 Å². The summed E-state index contributed by atoms with van der Waals surface area (Å²) in [5.41, 5.74) is 6.48. The van der Waals surface area contributed by atoms with Gasteiger partial charge >= 0.3 is 0 Å². The average Bonchev–Trinajstić information content (AvgIpc) is 2.43. The molecule has 0 spiro atoms. The highest BCUT2D eigenvalue weighted by Gasteiger charge is 2.12. The Bertz CT molecular complexity index is 463. The molecule has 1 atom stereocenters. The van der Waals surface area contributed by atoms with Gasteiger partial charge in [-0.25, -0.2) is 0 Å². The maximum Gasteiger partial charge on any atom is 0.253 e. The molecule has 1 rings (SSSR count). The van der Waals surface area contributed by atoms with Crippen molar-refractivity contribution < 1.29 is 9.59 Å². The van der Waals surface area contributed by atoms with Crippen molar-refractivity contribution in [1.82, 2.24) is 10.2 Å². The third-order valence-corrected chi connectivity index (χ3v) is 2.79. The quantitative estimate of drug-likeness (QED) is 0.856. The van der Waals surface area contributed by atoms with Crippen LogP contribution in [0.5, 0.6) is 0 Å². The normalized spacial score (nSPS) is 11.2. The highest BCUT2D eigenvalue weighted by molar-refractivity contribution is 5.99. The summed E-state index contributed by atoms with van der Waals surface area (Å²) in [6.07, 6.45) is 0. The highest BCUT2D eigenvalue weighted by atomic mass is 35.5. The van der Waals surface area contributed by atoms with Gasteiger partial charge in [0.1, 0.15) is 0 Å². The summed E-state index contributed by atoms with van der Waals surface area (Å²) in [7, 11) is 3.36. The zero-order chi connectivity index (χ0) is 14.4. The third kappa shape index (κ3) is 5.19. The maximum absolute atomic E-state index is 11.9. The van der Waals surface area contributed by atoms with Crippen molar-refractivity contribution in [2.45, 2.75) is 6.92 Å². The number of hydrogen-bond acceptors (Lipinski definition) is 3. The SMILES string of the molecule is CC(CN)CNC(=O)c1cccc(C(=O)N(C)C)c1.Cl. The first-order valence-corrected chi connectivity index (χ1v) is 6.25. The van der Waals surface area contributed by atoms with Crippen LogP contribution >= 0.6 is 12.4 Å². The predicted molar refractivity (Wildman–Crippen MR) is 82.3 cm³/mol. The van der Waals surface area contributed by atoms with Crippen molar-refractivity contribution in [2.24, 2.45) is 11.7 Å². The fourth-order valence-corrected chi connectivity index (χ4v) is 1.50. The minimum atomic E-state index is -0.186. The van der Waals surface area contributed by atoms with Crippen molar-refractivity contribution in [3.8, 4) is 0 Å². The fourth-order valence-electron chi connectivity index (χ4n) is 1.50. The van der Waals surface area contributed by atoms with E-state index in [1.165, 1.54) is 4.90 Å². The number of halogens is 1. The number of nitrogens with one attached hydrogen (secondary N) is 1. The van der Waals surface area contributed by atoms with Crippen molar-refractivity contribution >= 4 is 24.2 Å². The monoisotopic (exact) mass is 299 g/mol. The van der Waals surface area contributed by atoms with Gasteiger partial charge in [0.25, 0.3) is 11.8 Å². The molecule has 1 unspecified atom stereocenters. The number of benzene rings is 1. The summed E-state index contributed by atoms with van der Waals surface area (Å²) < 4.78 is 0. The lowest BCUT2D eigenvalue weighted by atomic mass is 10.1. The third-order valence-electron chi connectivity index (χ3n) is 2.79. The van der Waals surface area contributed by atoms with Gasteiger partial charge in [0, 0.05) is 31.8 Å². The number of nitrogens with two attached hydrogens (primary N) is 1. The topological polar surface area (TPSA) is 75.4 Å². The van der Waals surface area contributed by atoms with E-state index in [2.05, 4.69) is 5.32 Å². The van der Waals surface area contributed by atoms with Gasteiger partial charge in [-0.2, -0.15) is 0 Å². The average molecular weight is 300 g/mol. The minimum absolute atomic E-state index is 0. The number of rotatable bonds is 5. The van der Waals surface area contributed by atoms with Gasteiger partial charge in [-0.1, -0.05) is 13.0 Å². The Morgan fingerprint density at radius 3 is 2.45 bits per heavy atom. The van der Waals surface area contributed by atoms with Crippen molar-refractivity contribution in [3.05, 3.63) is 35.4 Å². The van der Waals surface area contributed by atoms with E-state index in [1.54, 1.807) is 38.4 Å². The molecule has 1 aromatic carbocycles. The summed E-state index contributed by atoms with van der Waals surface area (Å²) in [5, 5.41) is 2.80. The first-order chi connectivity index (χ1) is 8.95. The molecular weight excluding hydrogens is 278 g/mol. The molecule has 2 amide bonds. The second kappa shape index (κ2) is 8.55. The molecule has 0 aliphatic heterocycles. The Hall–Kier alpha value is -1.59. The number of hydrogen-bond donors (Lipinski definition) is 2. The van der Waals surface area contributed by atoms with Crippen LogP contribution in [0, 0.1) is 5.92 Å². The number of carbonyl (C=O) groups is 2. The van der Waals surface area contributed by atoms with Gasteiger partial charge in [0.2, 0.25) is 0 Å². The van der Waals surface area contributed by atoms with Crippen molar-refractivity contribution in [1.29, 1.82) is 0 Å². The Balaban J connectivity index is 0.00000361. The number of amides is 2. The zero-order valence-corrected chi connectivity index (χ0v) is 12.9. The van der Waals surface area contributed by atoms with Crippen LogP contribution < -0.4 is 11.1 Å². The molecule has 0 radical (unpaired) electrons. The van der Waals surface area contributed by atoms with Gasteiger partial charge in [0.05, 0.1) is 0 Å². The Kier molecular flexibility index (Phi) is 7.87. The van der Waals surface area contributed by atoms with E-state index in [0.29, 0.717) is 24.2 Å². The molecule has 0 fully saturated rings. The van der Waals surface area contributed by atoms with Gasteiger partial charge in [-0.15, -0.1) is 12.4 Å². The second-order valence-electron chi connectivity index (χ2n) is 4.83. The van der Waals surface area contributed by atoms with Crippen LogP contribution in [0.2, 0.25) is 0 Å². The molecule has 0 aliphatic carbocycles.